The van der Waals surface area contributed by atoms with Crippen molar-refractivity contribution < 1.29 is 9.18 Å². The molecule has 4 heteroatoms. The van der Waals surface area contributed by atoms with Crippen LogP contribution >= 0.6 is 0 Å². The molecule has 0 aromatic heterocycles. The largest absolute Gasteiger partial charge is 0.342 e. The molecule has 21 heavy (non-hydrogen) atoms. The Bertz CT molecular complexity index is 642. The van der Waals surface area contributed by atoms with Crippen molar-refractivity contribution in [1.29, 1.82) is 0 Å². The topological polar surface area (TPSA) is 55.1 Å². The van der Waals surface area contributed by atoms with Crippen molar-refractivity contribution in [2.45, 2.75) is 19.4 Å². The normalized spacial score (nSPS) is 13.5. The molecule has 0 fully saturated rings. The van der Waals surface area contributed by atoms with Crippen molar-refractivity contribution in [3.8, 4) is 0 Å². The number of hydrogen-bond donors (Lipinski definition) is 2. The van der Waals surface area contributed by atoms with E-state index in [0.29, 0.717) is 5.56 Å². The quantitative estimate of drug-likeness (QED) is 0.908. The van der Waals surface area contributed by atoms with Gasteiger partial charge < -0.3 is 11.1 Å². The predicted molar refractivity (Wildman–Crippen MR) is 81.5 cm³/mol. The first-order valence-electron chi connectivity index (χ1n) is 6.80. The summed E-state index contributed by atoms with van der Waals surface area (Å²) >= 11 is 0. The number of carbonyl (C=O) groups is 1. The van der Waals surface area contributed by atoms with Crippen LogP contribution in [-0.4, -0.2) is 12.5 Å². The molecule has 2 rings (SSSR count). The fourth-order valence-electron chi connectivity index (χ4n) is 2.20. The summed E-state index contributed by atoms with van der Waals surface area (Å²) in [5, 5.41) is 2.91. The summed E-state index contributed by atoms with van der Waals surface area (Å²) in [4.78, 5) is 12.4. The highest BCUT2D eigenvalue weighted by Gasteiger charge is 2.27. The maximum Gasteiger partial charge on any atom is 0.252 e. The summed E-state index contributed by atoms with van der Waals surface area (Å²) < 4.78 is 13.3. The van der Waals surface area contributed by atoms with E-state index in [0.717, 1.165) is 11.1 Å². The van der Waals surface area contributed by atoms with E-state index in [1.165, 1.54) is 12.1 Å². The third-order valence-corrected chi connectivity index (χ3v) is 3.65. The Morgan fingerprint density at radius 2 is 1.90 bits per heavy atom. The van der Waals surface area contributed by atoms with Crippen LogP contribution in [0.3, 0.4) is 0 Å². The molecular weight excluding hydrogens is 267 g/mol. The zero-order valence-corrected chi connectivity index (χ0v) is 12.2. The Morgan fingerprint density at radius 1 is 1.24 bits per heavy atom. The molecule has 0 heterocycles. The number of amides is 1. The third-order valence-electron chi connectivity index (χ3n) is 3.65. The van der Waals surface area contributed by atoms with Gasteiger partial charge in [0.2, 0.25) is 0 Å². The fraction of sp³-hybridized carbons (Fsp3) is 0.235. The molecule has 3 nitrogen and oxygen atoms in total. The molecule has 2 aromatic rings. The molecule has 0 aliphatic carbocycles. The van der Waals surface area contributed by atoms with Crippen LogP contribution in [0.25, 0.3) is 0 Å². The zero-order valence-electron chi connectivity index (χ0n) is 12.2. The van der Waals surface area contributed by atoms with Gasteiger partial charge in [-0.15, -0.1) is 0 Å². The number of hydrogen-bond acceptors (Lipinski definition) is 2. The number of aryl methyl sites for hydroxylation is 1. The van der Waals surface area contributed by atoms with Crippen molar-refractivity contribution in [3.63, 3.8) is 0 Å². The number of halogens is 1. The molecule has 3 N–H and O–H groups in total. The molecule has 0 saturated carbocycles. The summed E-state index contributed by atoms with van der Waals surface area (Å²) in [5.41, 5.74) is 7.11. The van der Waals surface area contributed by atoms with Gasteiger partial charge in [-0.1, -0.05) is 36.4 Å². The average molecular weight is 286 g/mol. The van der Waals surface area contributed by atoms with Gasteiger partial charge in [-0.3, -0.25) is 4.79 Å². The first-order chi connectivity index (χ1) is 9.96. The second kappa shape index (κ2) is 6.06. The zero-order chi connectivity index (χ0) is 15.5. The van der Waals surface area contributed by atoms with Crippen LogP contribution in [0, 0.1) is 12.7 Å². The molecular formula is C17H19FN2O. The molecule has 0 aliphatic heterocycles. The maximum atomic E-state index is 13.3. The summed E-state index contributed by atoms with van der Waals surface area (Å²) in [6.07, 6.45) is 0. The number of rotatable bonds is 4. The lowest BCUT2D eigenvalue weighted by Crippen LogP contribution is -2.48. The van der Waals surface area contributed by atoms with E-state index in [4.69, 9.17) is 5.73 Å². The Labute approximate surface area is 124 Å². The van der Waals surface area contributed by atoms with Crippen molar-refractivity contribution in [2.75, 3.05) is 6.54 Å². The third kappa shape index (κ3) is 3.28. The standard InChI is InChI=1S/C17H19FN2O/c1-12-8-9-14(18)10-15(12)16(21)20-17(2,11-19)13-6-4-3-5-7-13/h3-10H,11,19H2,1-2H3,(H,20,21). The van der Waals surface area contributed by atoms with Crippen LogP contribution in [0.5, 0.6) is 0 Å². The molecule has 1 atom stereocenters. The van der Waals surface area contributed by atoms with Gasteiger partial charge in [0.25, 0.3) is 5.91 Å². The Hall–Kier alpha value is -2.20. The van der Waals surface area contributed by atoms with Crippen molar-refractivity contribution in [1.82, 2.24) is 5.32 Å². The van der Waals surface area contributed by atoms with Crippen LogP contribution in [-0.2, 0) is 5.54 Å². The lowest BCUT2D eigenvalue weighted by Gasteiger charge is -2.30. The SMILES string of the molecule is Cc1ccc(F)cc1C(=O)NC(C)(CN)c1ccccc1. The summed E-state index contributed by atoms with van der Waals surface area (Å²) in [7, 11) is 0. The number of nitrogens with one attached hydrogen (secondary N) is 1. The van der Waals surface area contributed by atoms with Crippen molar-refractivity contribution >= 4 is 5.91 Å². The van der Waals surface area contributed by atoms with Gasteiger partial charge >= 0.3 is 0 Å². The first kappa shape index (κ1) is 15.2. The lowest BCUT2D eigenvalue weighted by atomic mass is 9.91. The lowest BCUT2D eigenvalue weighted by molar-refractivity contribution is 0.0906. The van der Waals surface area contributed by atoms with Gasteiger partial charge in [0.05, 0.1) is 5.54 Å². The van der Waals surface area contributed by atoms with E-state index in [9.17, 15) is 9.18 Å². The molecule has 2 aromatic carbocycles. The molecule has 110 valence electrons. The number of benzene rings is 2. The van der Waals surface area contributed by atoms with Gasteiger partial charge in [0.15, 0.2) is 0 Å². The van der Waals surface area contributed by atoms with Gasteiger partial charge in [-0.2, -0.15) is 0 Å². The van der Waals surface area contributed by atoms with Gasteiger partial charge in [-0.25, -0.2) is 4.39 Å². The van der Waals surface area contributed by atoms with Gasteiger partial charge in [0, 0.05) is 12.1 Å². The molecule has 0 saturated heterocycles. The molecule has 0 spiro atoms. The monoisotopic (exact) mass is 286 g/mol. The van der Waals surface area contributed by atoms with Crippen molar-refractivity contribution in [2.24, 2.45) is 5.73 Å². The molecule has 0 radical (unpaired) electrons. The minimum absolute atomic E-state index is 0.247. The molecule has 0 aliphatic rings. The minimum Gasteiger partial charge on any atom is -0.342 e. The Kier molecular flexibility index (Phi) is 4.38. The van der Waals surface area contributed by atoms with Gasteiger partial charge in [0.1, 0.15) is 5.82 Å². The molecule has 1 amide bonds. The minimum atomic E-state index is -0.697. The second-order valence-corrected chi connectivity index (χ2v) is 5.32. The van der Waals surface area contributed by atoms with Crippen LogP contribution in [0.15, 0.2) is 48.5 Å². The summed E-state index contributed by atoms with van der Waals surface area (Å²) in [5.74, 6) is -0.760. The predicted octanol–water partition coefficient (Wildman–Crippen LogP) is 2.74. The maximum absolute atomic E-state index is 13.3. The molecule has 1 unspecified atom stereocenters. The summed E-state index contributed by atoms with van der Waals surface area (Å²) in [6, 6.07) is 13.7. The van der Waals surface area contributed by atoms with Crippen LogP contribution in [0.1, 0.15) is 28.4 Å². The number of nitrogens with two attached hydrogens (primary N) is 1. The van der Waals surface area contributed by atoms with E-state index >= 15 is 0 Å². The van der Waals surface area contributed by atoms with Crippen LogP contribution in [0.2, 0.25) is 0 Å². The van der Waals surface area contributed by atoms with Crippen molar-refractivity contribution in [3.05, 3.63) is 71.0 Å². The highest BCUT2D eigenvalue weighted by Crippen LogP contribution is 2.20. The van der Waals surface area contributed by atoms with Gasteiger partial charge in [-0.05, 0) is 37.1 Å². The van der Waals surface area contributed by atoms with E-state index in [1.54, 1.807) is 13.0 Å². The van der Waals surface area contributed by atoms with E-state index < -0.39 is 11.4 Å². The molecule has 0 bridgehead atoms. The second-order valence-electron chi connectivity index (χ2n) is 5.32. The fourth-order valence-corrected chi connectivity index (χ4v) is 2.20. The average Bonchev–Trinajstić information content (AvgIpc) is 2.50. The summed E-state index contributed by atoms with van der Waals surface area (Å²) in [6.45, 7) is 3.88. The highest BCUT2D eigenvalue weighted by molar-refractivity contribution is 5.96. The Balaban J connectivity index is 2.30. The van der Waals surface area contributed by atoms with E-state index in [2.05, 4.69) is 5.32 Å². The number of carbonyl (C=O) groups excluding carboxylic acids is 1. The van der Waals surface area contributed by atoms with E-state index in [1.807, 2.05) is 37.3 Å². The smallest absolute Gasteiger partial charge is 0.252 e. The Morgan fingerprint density at radius 3 is 2.52 bits per heavy atom. The van der Waals surface area contributed by atoms with Crippen LogP contribution in [0.4, 0.5) is 4.39 Å². The van der Waals surface area contributed by atoms with E-state index in [-0.39, 0.29) is 12.5 Å². The first-order valence-corrected chi connectivity index (χ1v) is 6.80. The van der Waals surface area contributed by atoms with Crippen LogP contribution < -0.4 is 11.1 Å². The highest BCUT2D eigenvalue weighted by atomic mass is 19.1.